The first-order valence-electron chi connectivity index (χ1n) is 8.06. The largest absolute Gasteiger partial charge is 0.385 e. The Kier molecular flexibility index (Phi) is 3.50. The Balaban J connectivity index is 1.68. The summed E-state index contributed by atoms with van der Waals surface area (Å²) in [6, 6.07) is 8.93. The van der Waals surface area contributed by atoms with E-state index in [4.69, 9.17) is 9.47 Å². The molecule has 3 saturated heterocycles. The van der Waals surface area contributed by atoms with Crippen molar-refractivity contribution in [2.45, 2.75) is 56.1 Å². The molecule has 4 heteroatoms. The summed E-state index contributed by atoms with van der Waals surface area (Å²) in [5, 5.41) is 15.0. The third-order valence-electron chi connectivity index (χ3n) is 5.08. The highest BCUT2D eigenvalue weighted by Crippen LogP contribution is 2.42. The van der Waals surface area contributed by atoms with Crippen LogP contribution in [0.3, 0.4) is 0 Å². The fourth-order valence-corrected chi connectivity index (χ4v) is 4.22. The first-order chi connectivity index (χ1) is 10.2. The van der Waals surface area contributed by atoms with Gasteiger partial charge in [-0.1, -0.05) is 30.7 Å². The highest BCUT2D eigenvalue weighted by molar-refractivity contribution is 5.35. The lowest BCUT2D eigenvalue weighted by Gasteiger charge is -2.46. The SMILES string of the molecule is OC1(c2ccccc2C2OCCO2)CC2CCCC(C1)N2. The first-order valence-corrected chi connectivity index (χ1v) is 8.06. The molecule has 3 fully saturated rings. The van der Waals surface area contributed by atoms with Gasteiger partial charge >= 0.3 is 0 Å². The highest BCUT2D eigenvalue weighted by Gasteiger charge is 2.43. The quantitative estimate of drug-likeness (QED) is 0.876. The molecule has 2 unspecified atom stereocenters. The van der Waals surface area contributed by atoms with Gasteiger partial charge < -0.3 is 19.9 Å². The van der Waals surface area contributed by atoms with Gasteiger partial charge in [-0.05, 0) is 31.2 Å². The number of piperidine rings is 2. The van der Waals surface area contributed by atoms with E-state index in [1.807, 2.05) is 24.3 Å². The van der Waals surface area contributed by atoms with Crippen molar-refractivity contribution < 1.29 is 14.6 Å². The van der Waals surface area contributed by atoms with Crippen LogP contribution in [0.1, 0.15) is 49.5 Å². The number of fused-ring (bicyclic) bond motifs is 2. The van der Waals surface area contributed by atoms with Crippen molar-refractivity contribution in [3.63, 3.8) is 0 Å². The van der Waals surface area contributed by atoms with Crippen LogP contribution in [0.5, 0.6) is 0 Å². The van der Waals surface area contributed by atoms with Crippen LogP contribution in [0.2, 0.25) is 0 Å². The Labute approximate surface area is 125 Å². The fraction of sp³-hybridized carbons (Fsp3) is 0.647. The average molecular weight is 289 g/mol. The zero-order valence-electron chi connectivity index (χ0n) is 12.3. The van der Waals surface area contributed by atoms with Crippen molar-refractivity contribution in [3.05, 3.63) is 35.4 Å². The van der Waals surface area contributed by atoms with Crippen molar-refractivity contribution in [1.82, 2.24) is 5.32 Å². The molecule has 2 atom stereocenters. The van der Waals surface area contributed by atoms with Crippen LogP contribution >= 0.6 is 0 Å². The van der Waals surface area contributed by atoms with Crippen LogP contribution < -0.4 is 5.32 Å². The molecule has 0 spiro atoms. The van der Waals surface area contributed by atoms with E-state index in [-0.39, 0.29) is 6.29 Å². The molecule has 0 aliphatic carbocycles. The van der Waals surface area contributed by atoms with E-state index in [9.17, 15) is 5.11 Å². The maximum Gasteiger partial charge on any atom is 0.184 e. The fourth-order valence-electron chi connectivity index (χ4n) is 4.22. The Morgan fingerprint density at radius 3 is 2.43 bits per heavy atom. The van der Waals surface area contributed by atoms with Gasteiger partial charge in [-0.3, -0.25) is 0 Å². The molecule has 0 aromatic heterocycles. The number of hydrogen-bond acceptors (Lipinski definition) is 4. The number of rotatable bonds is 2. The molecule has 2 bridgehead atoms. The average Bonchev–Trinajstić information content (AvgIpc) is 3.01. The lowest BCUT2D eigenvalue weighted by molar-refractivity contribution is -0.0606. The molecule has 4 nitrogen and oxygen atoms in total. The molecule has 3 aliphatic heterocycles. The highest BCUT2D eigenvalue weighted by atomic mass is 16.7. The second-order valence-corrected chi connectivity index (χ2v) is 6.59. The summed E-state index contributed by atoms with van der Waals surface area (Å²) in [7, 11) is 0. The van der Waals surface area contributed by atoms with Crippen molar-refractivity contribution >= 4 is 0 Å². The molecular weight excluding hydrogens is 266 g/mol. The molecular formula is C17H23NO3. The topological polar surface area (TPSA) is 50.7 Å². The van der Waals surface area contributed by atoms with Crippen LogP contribution in [-0.4, -0.2) is 30.4 Å². The van der Waals surface area contributed by atoms with Gasteiger partial charge in [0.2, 0.25) is 0 Å². The molecule has 4 rings (SSSR count). The van der Waals surface area contributed by atoms with E-state index >= 15 is 0 Å². The summed E-state index contributed by atoms with van der Waals surface area (Å²) in [4.78, 5) is 0. The van der Waals surface area contributed by atoms with Crippen LogP contribution in [0.15, 0.2) is 24.3 Å². The van der Waals surface area contributed by atoms with Gasteiger partial charge in [0.05, 0.1) is 18.8 Å². The van der Waals surface area contributed by atoms with E-state index in [0.29, 0.717) is 25.3 Å². The van der Waals surface area contributed by atoms with Crippen molar-refractivity contribution in [1.29, 1.82) is 0 Å². The van der Waals surface area contributed by atoms with Crippen LogP contribution in [0.4, 0.5) is 0 Å². The number of nitrogens with one attached hydrogen (secondary N) is 1. The van der Waals surface area contributed by atoms with E-state index in [2.05, 4.69) is 5.32 Å². The molecule has 0 radical (unpaired) electrons. The number of aliphatic hydroxyl groups is 1. The number of hydrogen-bond donors (Lipinski definition) is 2. The number of benzene rings is 1. The summed E-state index contributed by atoms with van der Waals surface area (Å²) in [5.41, 5.74) is 1.24. The van der Waals surface area contributed by atoms with Gasteiger partial charge in [0.1, 0.15) is 0 Å². The molecule has 3 heterocycles. The minimum absolute atomic E-state index is 0.319. The summed E-state index contributed by atoms with van der Waals surface area (Å²) >= 11 is 0. The zero-order valence-corrected chi connectivity index (χ0v) is 12.3. The van der Waals surface area contributed by atoms with E-state index in [1.54, 1.807) is 0 Å². The van der Waals surface area contributed by atoms with Gasteiger partial charge in [-0.15, -0.1) is 0 Å². The predicted molar refractivity (Wildman–Crippen MR) is 78.8 cm³/mol. The molecule has 21 heavy (non-hydrogen) atoms. The Bertz CT molecular complexity index is 501. The minimum Gasteiger partial charge on any atom is -0.385 e. The monoisotopic (exact) mass is 289 g/mol. The van der Waals surface area contributed by atoms with Crippen molar-refractivity contribution in [2.24, 2.45) is 0 Å². The lowest BCUT2D eigenvalue weighted by Crippen LogP contribution is -2.54. The molecule has 0 saturated carbocycles. The molecule has 1 aromatic rings. The summed E-state index contributed by atoms with van der Waals surface area (Å²) in [5.74, 6) is 0. The summed E-state index contributed by atoms with van der Waals surface area (Å²) in [6.07, 6.45) is 4.85. The maximum absolute atomic E-state index is 11.3. The maximum atomic E-state index is 11.3. The molecule has 0 amide bonds. The third-order valence-corrected chi connectivity index (χ3v) is 5.08. The molecule has 114 valence electrons. The van der Waals surface area contributed by atoms with E-state index in [1.165, 1.54) is 6.42 Å². The smallest absolute Gasteiger partial charge is 0.184 e. The van der Waals surface area contributed by atoms with Gasteiger partial charge in [-0.2, -0.15) is 0 Å². The van der Waals surface area contributed by atoms with Gasteiger partial charge in [0.25, 0.3) is 0 Å². The van der Waals surface area contributed by atoms with E-state index < -0.39 is 5.60 Å². The van der Waals surface area contributed by atoms with Crippen LogP contribution in [-0.2, 0) is 15.1 Å². The lowest BCUT2D eigenvalue weighted by atomic mass is 9.73. The molecule has 1 aromatic carbocycles. The first kappa shape index (κ1) is 13.7. The zero-order chi connectivity index (χ0) is 14.3. The van der Waals surface area contributed by atoms with Gasteiger partial charge in [-0.25, -0.2) is 0 Å². The third kappa shape index (κ3) is 2.50. The van der Waals surface area contributed by atoms with Gasteiger partial charge in [0, 0.05) is 17.6 Å². The summed E-state index contributed by atoms with van der Waals surface area (Å²) in [6.45, 7) is 1.26. The van der Waals surface area contributed by atoms with Crippen LogP contribution in [0.25, 0.3) is 0 Å². The Morgan fingerprint density at radius 1 is 1.05 bits per heavy atom. The Hall–Kier alpha value is -0.940. The standard InChI is InChI=1S/C17H23NO3/c19-17(10-12-4-3-5-13(11-17)18-12)15-7-2-1-6-14(15)16-20-8-9-21-16/h1-2,6-7,12-13,16,18-19H,3-5,8-11H2. The molecule has 2 N–H and O–H groups in total. The molecule has 3 aliphatic rings. The Morgan fingerprint density at radius 2 is 1.71 bits per heavy atom. The predicted octanol–water partition coefficient (Wildman–Crippen LogP) is 2.22. The number of ether oxygens (including phenoxy) is 2. The summed E-state index contributed by atoms with van der Waals surface area (Å²) < 4.78 is 11.3. The second kappa shape index (κ2) is 5.36. The second-order valence-electron chi connectivity index (χ2n) is 6.59. The van der Waals surface area contributed by atoms with Gasteiger partial charge in [0.15, 0.2) is 6.29 Å². The van der Waals surface area contributed by atoms with E-state index in [0.717, 1.165) is 36.8 Å². The van der Waals surface area contributed by atoms with Crippen molar-refractivity contribution in [3.8, 4) is 0 Å². The van der Waals surface area contributed by atoms with Crippen molar-refractivity contribution in [2.75, 3.05) is 13.2 Å². The normalized spacial score (nSPS) is 36.8. The van der Waals surface area contributed by atoms with Crippen LogP contribution in [0, 0.1) is 0 Å². The minimum atomic E-state index is -0.757.